The Hall–Kier alpha value is -3.75. The van der Waals surface area contributed by atoms with Gasteiger partial charge in [-0.3, -0.25) is 14.9 Å². The van der Waals surface area contributed by atoms with Crippen molar-refractivity contribution in [3.8, 4) is 0 Å². The molecule has 9 heteroatoms. The van der Waals surface area contributed by atoms with Gasteiger partial charge >= 0.3 is 11.9 Å². The predicted octanol–water partition coefficient (Wildman–Crippen LogP) is 2.74. The van der Waals surface area contributed by atoms with Gasteiger partial charge in [0.2, 0.25) is 0 Å². The zero-order chi connectivity index (χ0) is 18.7. The summed E-state index contributed by atoms with van der Waals surface area (Å²) in [5.74, 6) is -0.792. The largest absolute Gasteiger partial charge is 0.451 e. The number of rotatable bonds is 5. The molecule has 3 aromatic rings. The van der Waals surface area contributed by atoms with Crippen molar-refractivity contribution in [2.75, 3.05) is 0 Å². The molecule has 9 nitrogen and oxygen atoms in total. The normalized spacial score (nSPS) is 12.3. The summed E-state index contributed by atoms with van der Waals surface area (Å²) >= 11 is 0. The average molecular weight is 355 g/mol. The Bertz CT molecular complexity index is 1070. The monoisotopic (exact) mass is 355 g/mol. The number of aromatic nitrogens is 2. The molecule has 1 atom stereocenters. The Morgan fingerprint density at radius 1 is 1.35 bits per heavy atom. The zero-order valence-corrected chi connectivity index (χ0v) is 13.5. The third-order valence-electron chi connectivity index (χ3n) is 3.49. The first-order valence-corrected chi connectivity index (χ1v) is 7.56. The van der Waals surface area contributed by atoms with Gasteiger partial charge in [-0.15, -0.1) is 0 Å². The average Bonchev–Trinajstić information content (AvgIpc) is 3.09. The smallest absolute Gasteiger partial charge is 0.433 e. The molecule has 0 amide bonds. The van der Waals surface area contributed by atoms with Gasteiger partial charge in [-0.1, -0.05) is 12.1 Å². The molecular formula is C17H13N3O6. The molecule has 0 spiro atoms. The number of nitrogens with one attached hydrogen (secondary N) is 1. The number of carbonyl (C=O) groups excluding carboxylic acids is 1. The van der Waals surface area contributed by atoms with Gasteiger partial charge in [-0.2, -0.15) is 0 Å². The minimum absolute atomic E-state index is 0.138. The number of ether oxygens (including phenoxy) is 1. The minimum atomic E-state index is -0.796. The second-order valence-electron chi connectivity index (χ2n) is 5.31. The van der Waals surface area contributed by atoms with Crippen molar-refractivity contribution >= 4 is 28.8 Å². The van der Waals surface area contributed by atoms with E-state index in [9.17, 15) is 19.7 Å². The Morgan fingerprint density at radius 3 is 2.85 bits per heavy atom. The highest BCUT2D eigenvalue weighted by atomic mass is 16.6. The molecule has 0 radical (unpaired) electrons. The summed E-state index contributed by atoms with van der Waals surface area (Å²) in [6.45, 7) is 1.57. The molecule has 26 heavy (non-hydrogen) atoms. The second-order valence-corrected chi connectivity index (χ2v) is 5.31. The maximum Gasteiger partial charge on any atom is 0.433 e. The van der Waals surface area contributed by atoms with Crippen LogP contribution in [0.2, 0.25) is 0 Å². The third-order valence-corrected chi connectivity index (χ3v) is 3.49. The zero-order valence-electron chi connectivity index (χ0n) is 13.5. The number of aromatic amines is 1. The van der Waals surface area contributed by atoms with E-state index < -0.39 is 22.9 Å². The number of H-pyrrole nitrogens is 1. The van der Waals surface area contributed by atoms with Crippen LogP contribution in [0.25, 0.3) is 17.0 Å². The number of hydrogen-bond acceptors (Lipinski definition) is 7. The van der Waals surface area contributed by atoms with Crippen molar-refractivity contribution in [1.29, 1.82) is 0 Å². The van der Waals surface area contributed by atoms with E-state index in [1.54, 1.807) is 31.2 Å². The van der Waals surface area contributed by atoms with E-state index in [0.29, 0.717) is 10.9 Å². The van der Waals surface area contributed by atoms with E-state index in [-0.39, 0.29) is 17.1 Å². The second kappa shape index (κ2) is 7.01. The van der Waals surface area contributed by atoms with Gasteiger partial charge in [0.25, 0.3) is 5.56 Å². The van der Waals surface area contributed by atoms with Gasteiger partial charge < -0.3 is 14.1 Å². The van der Waals surface area contributed by atoms with Gasteiger partial charge in [0.1, 0.15) is 10.7 Å². The SMILES string of the molecule is C[C@H](OC(=O)/C=C/c1ccc([N+](=O)[O-])o1)c1nc2ccccc2c(=O)[nH]1. The molecule has 0 saturated carbocycles. The number of para-hydroxylation sites is 1. The summed E-state index contributed by atoms with van der Waals surface area (Å²) in [6, 6.07) is 9.34. The van der Waals surface area contributed by atoms with E-state index in [4.69, 9.17) is 9.15 Å². The summed E-state index contributed by atoms with van der Waals surface area (Å²) in [5.41, 5.74) is 0.166. The van der Waals surface area contributed by atoms with Crippen LogP contribution in [-0.2, 0) is 9.53 Å². The van der Waals surface area contributed by atoms with E-state index in [1.807, 2.05) is 0 Å². The van der Waals surface area contributed by atoms with Crippen molar-refractivity contribution in [2.24, 2.45) is 0 Å². The van der Waals surface area contributed by atoms with Gasteiger partial charge in [-0.05, 0) is 31.2 Å². The summed E-state index contributed by atoms with van der Waals surface area (Å²) in [7, 11) is 0. The number of furan rings is 1. The number of esters is 1. The van der Waals surface area contributed by atoms with Crippen LogP contribution >= 0.6 is 0 Å². The lowest BCUT2D eigenvalue weighted by atomic mass is 10.2. The lowest BCUT2D eigenvalue weighted by Gasteiger charge is -2.11. The van der Waals surface area contributed by atoms with E-state index in [1.165, 1.54) is 18.2 Å². The molecule has 0 aliphatic heterocycles. The fraction of sp³-hybridized carbons (Fsp3) is 0.118. The molecule has 1 N–H and O–H groups in total. The highest BCUT2D eigenvalue weighted by molar-refractivity contribution is 5.86. The van der Waals surface area contributed by atoms with Gasteiger partial charge in [0.15, 0.2) is 11.9 Å². The highest BCUT2D eigenvalue weighted by Crippen LogP contribution is 2.18. The molecule has 0 aliphatic rings. The lowest BCUT2D eigenvalue weighted by Crippen LogP contribution is -2.16. The summed E-state index contributed by atoms with van der Waals surface area (Å²) < 4.78 is 10.1. The maximum absolute atomic E-state index is 12.0. The Labute approximate surface area is 146 Å². The van der Waals surface area contributed by atoms with Crippen LogP contribution in [-0.4, -0.2) is 20.9 Å². The predicted molar refractivity (Wildman–Crippen MR) is 91.3 cm³/mol. The molecule has 0 bridgehead atoms. The fourth-order valence-corrected chi connectivity index (χ4v) is 2.25. The van der Waals surface area contributed by atoms with Crippen LogP contribution in [0, 0.1) is 10.1 Å². The van der Waals surface area contributed by atoms with Crippen LogP contribution in [0.1, 0.15) is 24.6 Å². The number of nitro groups is 1. The third kappa shape index (κ3) is 3.66. The van der Waals surface area contributed by atoms with Crippen molar-refractivity contribution in [3.05, 3.63) is 74.5 Å². The lowest BCUT2D eigenvalue weighted by molar-refractivity contribution is -0.402. The molecule has 0 fully saturated rings. The van der Waals surface area contributed by atoms with Crippen molar-refractivity contribution < 1.29 is 18.9 Å². The van der Waals surface area contributed by atoms with Gasteiger partial charge in [0.05, 0.1) is 17.0 Å². The van der Waals surface area contributed by atoms with Crippen LogP contribution < -0.4 is 5.56 Å². The maximum atomic E-state index is 12.0. The molecule has 2 aromatic heterocycles. The van der Waals surface area contributed by atoms with E-state index >= 15 is 0 Å². The van der Waals surface area contributed by atoms with Crippen LogP contribution in [0.15, 0.2) is 51.7 Å². The summed E-state index contributed by atoms with van der Waals surface area (Å²) in [4.78, 5) is 40.6. The van der Waals surface area contributed by atoms with Crippen molar-refractivity contribution in [3.63, 3.8) is 0 Å². The first kappa shape index (κ1) is 17.1. The molecule has 2 heterocycles. The van der Waals surface area contributed by atoms with Crippen molar-refractivity contribution in [1.82, 2.24) is 9.97 Å². The van der Waals surface area contributed by atoms with Gasteiger partial charge in [-0.25, -0.2) is 9.78 Å². The van der Waals surface area contributed by atoms with E-state index in [2.05, 4.69) is 9.97 Å². The number of fused-ring (bicyclic) bond motifs is 1. The first-order valence-electron chi connectivity index (χ1n) is 7.56. The topological polar surface area (TPSA) is 128 Å². The van der Waals surface area contributed by atoms with Crippen LogP contribution in [0.4, 0.5) is 5.88 Å². The Morgan fingerprint density at radius 2 is 2.12 bits per heavy atom. The fourth-order valence-electron chi connectivity index (χ4n) is 2.25. The Kier molecular flexibility index (Phi) is 4.61. The van der Waals surface area contributed by atoms with Crippen LogP contribution in [0.5, 0.6) is 0 Å². The molecule has 3 rings (SSSR count). The van der Waals surface area contributed by atoms with Crippen molar-refractivity contribution in [2.45, 2.75) is 13.0 Å². The first-order chi connectivity index (χ1) is 12.4. The molecule has 0 aliphatic carbocycles. The number of nitrogens with zero attached hydrogens (tertiary/aromatic N) is 2. The summed E-state index contributed by atoms with van der Waals surface area (Å²) in [5, 5.41) is 11.0. The molecule has 132 valence electrons. The molecule has 0 unspecified atom stereocenters. The highest BCUT2D eigenvalue weighted by Gasteiger charge is 2.15. The number of benzene rings is 1. The molecular weight excluding hydrogens is 342 g/mol. The Balaban J connectivity index is 1.71. The quantitative estimate of drug-likeness (QED) is 0.322. The van der Waals surface area contributed by atoms with Crippen LogP contribution in [0.3, 0.4) is 0 Å². The number of carbonyl (C=O) groups is 1. The molecule has 1 aromatic carbocycles. The summed E-state index contributed by atoms with van der Waals surface area (Å²) in [6.07, 6.45) is 1.52. The standard InChI is InChI=1S/C17H13N3O6/c1-10(16-18-13-5-3-2-4-12(13)17(22)19-16)25-15(21)9-7-11-6-8-14(26-11)20(23)24/h2-10H,1H3,(H,18,19,22)/b9-7+/t10-/m0/s1. The number of hydrogen-bond donors (Lipinski definition) is 1. The van der Waals surface area contributed by atoms with Gasteiger partial charge in [0, 0.05) is 6.08 Å². The molecule has 0 saturated heterocycles. The van der Waals surface area contributed by atoms with E-state index in [0.717, 1.165) is 6.08 Å². The minimum Gasteiger partial charge on any atom is -0.451 e.